The molecule has 1 aliphatic heterocycles. The van der Waals surface area contributed by atoms with Gasteiger partial charge in [0.15, 0.2) is 0 Å². The summed E-state index contributed by atoms with van der Waals surface area (Å²) in [7, 11) is 0. The van der Waals surface area contributed by atoms with Gasteiger partial charge in [-0.3, -0.25) is 10.1 Å². The minimum atomic E-state index is -0.438. The van der Waals surface area contributed by atoms with Gasteiger partial charge in [0.2, 0.25) is 0 Å². The zero-order chi connectivity index (χ0) is 13.1. The number of hydrogen-bond acceptors (Lipinski definition) is 4. The fourth-order valence-electron chi connectivity index (χ4n) is 2.52. The highest BCUT2D eigenvalue weighted by atomic mass is 35.5. The van der Waals surface area contributed by atoms with E-state index in [2.05, 4.69) is 0 Å². The molecule has 5 nitrogen and oxygen atoms in total. The number of nitro benzene ring substituents is 1. The second kappa shape index (κ2) is 5.54. The molecule has 1 aromatic carbocycles. The lowest BCUT2D eigenvalue weighted by Crippen LogP contribution is -2.30. The first-order valence-electron chi connectivity index (χ1n) is 5.95. The molecule has 18 heavy (non-hydrogen) atoms. The molecule has 1 aliphatic rings. The van der Waals surface area contributed by atoms with Crippen LogP contribution >= 0.6 is 11.6 Å². The van der Waals surface area contributed by atoms with Crippen molar-refractivity contribution in [3.8, 4) is 0 Å². The van der Waals surface area contributed by atoms with E-state index in [1.54, 1.807) is 12.1 Å². The van der Waals surface area contributed by atoms with Crippen LogP contribution in [-0.4, -0.2) is 29.2 Å². The van der Waals surface area contributed by atoms with E-state index in [0.29, 0.717) is 12.1 Å². The third-order valence-corrected chi connectivity index (χ3v) is 3.60. The van der Waals surface area contributed by atoms with Crippen LogP contribution in [0.3, 0.4) is 0 Å². The molecule has 0 amide bonds. The summed E-state index contributed by atoms with van der Waals surface area (Å²) in [6.07, 6.45) is 2.56. The first-order valence-corrected chi connectivity index (χ1v) is 6.33. The van der Waals surface area contributed by atoms with E-state index in [-0.39, 0.29) is 23.4 Å². The number of halogens is 1. The van der Waals surface area contributed by atoms with Crippen molar-refractivity contribution in [3.63, 3.8) is 0 Å². The zero-order valence-electron chi connectivity index (χ0n) is 9.88. The number of aliphatic hydroxyl groups is 1. The van der Waals surface area contributed by atoms with E-state index < -0.39 is 4.92 Å². The maximum Gasteiger partial charge on any atom is 0.310 e. The van der Waals surface area contributed by atoms with Gasteiger partial charge in [-0.05, 0) is 31.4 Å². The summed E-state index contributed by atoms with van der Waals surface area (Å²) in [6, 6.07) is 5.13. The molecule has 1 aromatic rings. The molecule has 0 spiro atoms. The molecule has 98 valence electrons. The minimum absolute atomic E-state index is 0.0380. The lowest BCUT2D eigenvalue weighted by molar-refractivity contribution is -0.384. The lowest BCUT2D eigenvalue weighted by Gasteiger charge is -2.26. The smallest absolute Gasteiger partial charge is 0.310 e. The number of anilines is 1. The topological polar surface area (TPSA) is 66.6 Å². The van der Waals surface area contributed by atoms with E-state index in [4.69, 9.17) is 16.7 Å². The van der Waals surface area contributed by atoms with Crippen LogP contribution in [0.2, 0.25) is 5.02 Å². The number of para-hydroxylation sites is 1. The van der Waals surface area contributed by atoms with Crippen molar-refractivity contribution in [1.29, 1.82) is 0 Å². The number of nitrogens with zero attached hydrogens (tertiary/aromatic N) is 2. The molecule has 0 aliphatic carbocycles. The Balaban J connectivity index is 2.38. The predicted molar refractivity (Wildman–Crippen MR) is 70.2 cm³/mol. The lowest BCUT2D eigenvalue weighted by atomic mass is 10.1. The Bertz CT molecular complexity index is 453. The Morgan fingerprint density at radius 3 is 3.00 bits per heavy atom. The first kappa shape index (κ1) is 13.1. The summed E-state index contributed by atoms with van der Waals surface area (Å²) >= 11 is 5.91. The van der Waals surface area contributed by atoms with Crippen molar-refractivity contribution in [3.05, 3.63) is 33.3 Å². The first-order chi connectivity index (χ1) is 8.65. The molecule has 6 heteroatoms. The van der Waals surface area contributed by atoms with E-state index in [0.717, 1.165) is 19.4 Å². The Morgan fingerprint density at radius 2 is 2.33 bits per heavy atom. The normalized spacial score (nSPS) is 19.2. The molecular weight excluding hydrogens is 256 g/mol. The van der Waals surface area contributed by atoms with Crippen LogP contribution in [0.4, 0.5) is 11.4 Å². The second-order valence-corrected chi connectivity index (χ2v) is 4.77. The summed E-state index contributed by atoms with van der Waals surface area (Å²) in [6.45, 7) is 0.862. The molecule has 0 bridgehead atoms. The average molecular weight is 271 g/mol. The molecule has 1 N–H and O–H groups in total. The van der Waals surface area contributed by atoms with E-state index in [1.807, 2.05) is 4.90 Å². The molecule has 0 radical (unpaired) electrons. The van der Waals surface area contributed by atoms with E-state index >= 15 is 0 Å². The highest BCUT2D eigenvalue weighted by molar-refractivity contribution is 6.33. The number of nitro groups is 1. The van der Waals surface area contributed by atoms with Crippen LogP contribution in [0.15, 0.2) is 18.2 Å². The summed E-state index contributed by atoms with van der Waals surface area (Å²) in [5, 5.41) is 20.3. The Labute approximate surface area is 110 Å². The predicted octanol–water partition coefficient (Wildman–Crippen LogP) is 2.60. The number of aliphatic hydroxyl groups excluding tert-OH is 1. The van der Waals surface area contributed by atoms with E-state index in [1.165, 1.54) is 6.07 Å². The van der Waals surface area contributed by atoms with Gasteiger partial charge in [-0.2, -0.15) is 0 Å². The highest BCUT2D eigenvalue weighted by Gasteiger charge is 2.30. The molecule has 0 saturated carbocycles. The van der Waals surface area contributed by atoms with Gasteiger partial charge in [0.05, 0.1) is 4.92 Å². The SMILES string of the molecule is O=[N+]([O-])c1c(Cl)cccc1N1CCCC1CCO. The molecule has 1 heterocycles. The molecule has 1 saturated heterocycles. The second-order valence-electron chi connectivity index (χ2n) is 4.37. The Morgan fingerprint density at radius 1 is 1.56 bits per heavy atom. The van der Waals surface area contributed by atoms with Crippen LogP contribution in [0.1, 0.15) is 19.3 Å². The van der Waals surface area contributed by atoms with Gasteiger partial charge in [0.1, 0.15) is 10.7 Å². The summed E-state index contributed by atoms with van der Waals surface area (Å²) in [5.41, 5.74) is 0.521. The zero-order valence-corrected chi connectivity index (χ0v) is 10.6. The van der Waals surface area contributed by atoms with Gasteiger partial charge in [-0.1, -0.05) is 17.7 Å². The molecule has 1 fully saturated rings. The van der Waals surface area contributed by atoms with Gasteiger partial charge in [0, 0.05) is 19.2 Å². The molecule has 0 aromatic heterocycles. The van der Waals surface area contributed by atoms with Crippen molar-refractivity contribution >= 4 is 23.0 Å². The third-order valence-electron chi connectivity index (χ3n) is 3.30. The van der Waals surface area contributed by atoms with Crippen LogP contribution < -0.4 is 4.90 Å². The largest absolute Gasteiger partial charge is 0.396 e. The summed E-state index contributed by atoms with van der Waals surface area (Å²) in [4.78, 5) is 12.7. The number of rotatable bonds is 4. The standard InChI is InChI=1S/C12H15ClN2O3/c13-10-4-1-5-11(12(10)15(17)18)14-7-2-3-9(14)6-8-16/h1,4-5,9,16H,2-3,6-8H2. The fourth-order valence-corrected chi connectivity index (χ4v) is 2.76. The van der Waals surface area contributed by atoms with Crippen LogP contribution in [0, 0.1) is 10.1 Å². The Hall–Kier alpha value is -1.33. The van der Waals surface area contributed by atoms with E-state index in [9.17, 15) is 10.1 Å². The fraction of sp³-hybridized carbons (Fsp3) is 0.500. The van der Waals surface area contributed by atoms with Gasteiger partial charge in [-0.15, -0.1) is 0 Å². The third kappa shape index (κ3) is 2.42. The average Bonchev–Trinajstić information content (AvgIpc) is 2.76. The van der Waals surface area contributed by atoms with Crippen molar-refractivity contribution in [1.82, 2.24) is 0 Å². The van der Waals surface area contributed by atoms with Crippen molar-refractivity contribution in [2.75, 3.05) is 18.1 Å². The van der Waals surface area contributed by atoms with Crippen LogP contribution in [0.25, 0.3) is 0 Å². The van der Waals surface area contributed by atoms with Crippen molar-refractivity contribution in [2.24, 2.45) is 0 Å². The highest BCUT2D eigenvalue weighted by Crippen LogP contribution is 2.38. The quantitative estimate of drug-likeness (QED) is 0.675. The van der Waals surface area contributed by atoms with Gasteiger partial charge >= 0.3 is 5.69 Å². The van der Waals surface area contributed by atoms with Gasteiger partial charge in [-0.25, -0.2) is 0 Å². The molecule has 1 atom stereocenters. The maximum atomic E-state index is 11.1. The molecule has 2 rings (SSSR count). The summed E-state index contributed by atoms with van der Waals surface area (Å²) < 4.78 is 0. The number of hydrogen-bond donors (Lipinski definition) is 1. The van der Waals surface area contributed by atoms with Crippen LogP contribution in [-0.2, 0) is 0 Å². The van der Waals surface area contributed by atoms with Crippen molar-refractivity contribution < 1.29 is 10.0 Å². The minimum Gasteiger partial charge on any atom is -0.396 e. The van der Waals surface area contributed by atoms with Gasteiger partial charge < -0.3 is 10.0 Å². The van der Waals surface area contributed by atoms with Gasteiger partial charge in [0.25, 0.3) is 0 Å². The Kier molecular flexibility index (Phi) is 4.04. The number of benzene rings is 1. The molecular formula is C12H15ClN2O3. The maximum absolute atomic E-state index is 11.1. The van der Waals surface area contributed by atoms with Crippen LogP contribution in [0.5, 0.6) is 0 Å². The summed E-state index contributed by atoms with van der Waals surface area (Å²) in [5.74, 6) is 0. The monoisotopic (exact) mass is 270 g/mol. The molecule has 1 unspecified atom stereocenters. The van der Waals surface area contributed by atoms with Crippen molar-refractivity contribution in [2.45, 2.75) is 25.3 Å².